The normalized spacial score (nSPS) is 10.2. The summed E-state index contributed by atoms with van der Waals surface area (Å²) in [5.41, 5.74) is 5.78. The fraction of sp³-hybridized carbons (Fsp3) is 0.143. The first-order chi connectivity index (χ1) is 9.51. The number of hydrazine groups is 1. The molecule has 0 aliphatic rings. The second kappa shape index (κ2) is 6.02. The van der Waals surface area contributed by atoms with E-state index in [1.54, 1.807) is 12.1 Å². The predicted octanol–water partition coefficient (Wildman–Crippen LogP) is 3.00. The Hall–Kier alpha value is -1.92. The van der Waals surface area contributed by atoms with Crippen LogP contribution in [0.25, 0.3) is 0 Å². The topological polar surface area (TPSA) is 80.0 Å². The molecule has 2 rings (SSSR count). The third kappa shape index (κ3) is 3.15. The molecule has 4 N–H and O–H groups in total. The first-order valence-corrected chi connectivity index (χ1v) is 6.81. The Balaban J connectivity index is 2.23. The molecule has 104 valence electrons. The summed E-state index contributed by atoms with van der Waals surface area (Å²) in [6.45, 7) is 3.96. The molecule has 0 saturated carbocycles. The van der Waals surface area contributed by atoms with Crippen LogP contribution in [-0.2, 0) is 0 Å². The number of hydrogen-bond acceptors (Lipinski definition) is 4. The highest BCUT2D eigenvalue weighted by Crippen LogP contribution is 2.28. The second-order valence-corrected chi connectivity index (χ2v) is 5.32. The van der Waals surface area contributed by atoms with Crippen LogP contribution in [0.15, 0.2) is 34.9 Å². The monoisotopic (exact) mass is 334 g/mol. The number of anilines is 2. The average Bonchev–Trinajstić information content (AvgIpc) is 2.42. The van der Waals surface area contributed by atoms with Crippen molar-refractivity contribution in [3.05, 3.63) is 51.6 Å². The Labute approximate surface area is 125 Å². The average molecular weight is 335 g/mol. The number of carbonyl (C=O) groups is 1. The summed E-state index contributed by atoms with van der Waals surface area (Å²) in [6.07, 6.45) is 1.47. The van der Waals surface area contributed by atoms with Crippen LogP contribution in [0.4, 0.5) is 11.5 Å². The summed E-state index contributed by atoms with van der Waals surface area (Å²) in [4.78, 5) is 16.2. The molecule has 20 heavy (non-hydrogen) atoms. The molecule has 0 spiro atoms. The van der Waals surface area contributed by atoms with Crippen LogP contribution in [0.3, 0.4) is 0 Å². The number of carbonyl (C=O) groups excluding carboxylic acids is 1. The van der Waals surface area contributed by atoms with E-state index in [0.717, 1.165) is 21.3 Å². The number of pyridine rings is 1. The number of rotatable bonds is 3. The van der Waals surface area contributed by atoms with E-state index in [0.29, 0.717) is 11.4 Å². The molecule has 0 aliphatic heterocycles. The maximum absolute atomic E-state index is 12.2. The lowest BCUT2D eigenvalue weighted by atomic mass is 10.1. The third-order valence-electron chi connectivity index (χ3n) is 2.84. The predicted molar refractivity (Wildman–Crippen MR) is 83.6 cm³/mol. The lowest BCUT2D eigenvalue weighted by molar-refractivity contribution is 0.102. The molecule has 2 aromatic rings. The van der Waals surface area contributed by atoms with Crippen LogP contribution in [0.1, 0.15) is 21.5 Å². The molecular formula is C14H15BrN4O. The fourth-order valence-electron chi connectivity index (χ4n) is 1.87. The van der Waals surface area contributed by atoms with E-state index in [2.05, 4.69) is 31.7 Å². The molecular weight excluding hydrogens is 320 g/mol. The summed E-state index contributed by atoms with van der Waals surface area (Å²) >= 11 is 3.46. The van der Waals surface area contributed by atoms with Crippen molar-refractivity contribution in [2.24, 2.45) is 5.84 Å². The molecule has 0 bridgehead atoms. The smallest absolute Gasteiger partial charge is 0.257 e. The number of aryl methyl sites for hydroxylation is 2. The van der Waals surface area contributed by atoms with Gasteiger partial charge in [-0.1, -0.05) is 6.07 Å². The zero-order valence-electron chi connectivity index (χ0n) is 11.2. The zero-order chi connectivity index (χ0) is 14.7. The first kappa shape index (κ1) is 14.5. The van der Waals surface area contributed by atoms with E-state index in [1.165, 1.54) is 6.20 Å². The SMILES string of the molecule is Cc1cc(C)c(NC(=O)c2ccc(NN)nc2)c(Br)c1. The quantitative estimate of drug-likeness (QED) is 0.595. The van der Waals surface area contributed by atoms with Crippen LogP contribution in [-0.4, -0.2) is 10.9 Å². The molecule has 1 aromatic carbocycles. The van der Waals surface area contributed by atoms with Crippen molar-refractivity contribution in [3.63, 3.8) is 0 Å². The number of aromatic nitrogens is 1. The van der Waals surface area contributed by atoms with Crippen molar-refractivity contribution in [2.45, 2.75) is 13.8 Å². The lowest BCUT2D eigenvalue weighted by Crippen LogP contribution is -2.14. The Morgan fingerprint density at radius 3 is 2.60 bits per heavy atom. The van der Waals surface area contributed by atoms with Crippen LogP contribution >= 0.6 is 15.9 Å². The molecule has 0 atom stereocenters. The molecule has 0 fully saturated rings. The van der Waals surface area contributed by atoms with Crippen molar-refractivity contribution >= 4 is 33.3 Å². The van der Waals surface area contributed by atoms with Gasteiger partial charge in [-0.25, -0.2) is 10.8 Å². The number of hydrogen-bond donors (Lipinski definition) is 3. The molecule has 0 radical (unpaired) electrons. The van der Waals surface area contributed by atoms with Gasteiger partial charge in [0, 0.05) is 10.7 Å². The van der Waals surface area contributed by atoms with Crippen molar-refractivity contribution in [2.75, 3.05) is 10.7 Å². The van der Waals surface area contributed by atoms with Gasteiger partial charge in [-0.15, -0.1) is 0 Å². The number of nitrogens with zero attached hydrogens (tertiary/aromatic N) is 1. The zero-order valence-corrected chi connectivity index (χ0v) is 12.8. The maximum atomic E-state index is 12.2. The van der Waals surface area contributed by atoms with Crippen molar-refractivity contribution < 1.29 is 4.79 Å². The van der Waals surface area contributed by atoms with Gasteiger partial charge in [0.15, 0.2) is 0 Å². The number of benzene rings is 1. The van der Waals surface area contributed by atoms with Crippen LogP contribution in [0.2, 0.25) is 0 Å². The van der Waals surface area contributed by atoms with Gasteiger partial charge in [0.25, 0.3) is 5.91 Å². The van der Waals surface area contributed by atoms with Crippen LogP contribution < -0.4 is 16.6 Å². The largest absolute Gasteiger partial charge is 0.321 e. The first-order valence-electron chi connectivity index (χ1n) is 6.02. The second-order valence-electron chi connectivity index (χ2n) is 4.47. The Morgan fingerprint density at radius 1 is 1.30 bits per heavy atom. The van der Waals surface area contributed by atoms with Gasteiger partial charge in [-0.05, 0) is 59.1 Å². The van der Waals surface area contributed by atoms with Crippen molar-refractivity contribution in [1.82, 2.24) is 4.98 Å². The van der Waals surface area contributed by atoms with Gasteiger partial charge >= 0.3 is 0 Å². The highest BCUT2D eigenvalue weighted by molar-refractivity contribution is 9.10. The van der Waals surface area contributed by atoms with Gasteiger partial charge in [0.05, 0.1) is 11.3 Å². The number of amides is 1. The lowest BCUT2D eigenvalue weighted by Gasteiger charge is -2.12. The van der Waals surface area contributed by atoms with Gasteiger partial charge in [-0.3, -0.25) is 4.79 Å². The van der Waals surface area contributed by atoms with Crippen molar-refractivity contribution in [1.29, 1.82) is 0 Å². The van der Waals surface area contributed by atoms with Gasteiger partial charge < -0.3 is 10.7 Å². The van der Waals surface area contributed by atoms with Gasteiger partial charge in [0.1, 0.15) is 5.82 Å². The minimum Gasteiger partial charge on any atom is -0.321 e. The number of nitrogens with two attached hydrogens (primary N) is 1. The summed E-state index contributed by atoms with van der Waals surface area (Å²) < 4.78 is 0.858. The molecule has 1 heterocycles. The van der Waals surface area contributed by atoms with E-state index < -0.39 is 0 Å². The summed E-state index contributed by atoms with van der Waals surface area (Å²) in [5, 5.41) is 2.88. The van der Waals surface area contributed by atoms with E-state index >= 15 is 0 Å². The Morgan fingerprint density at radius 2 is 2.05 bits per heavy atom. The molecule has 6 heteroatoms. The standard InChI is InChI=1S/C14H15BrN4O/c1-8-5-9(2)13(11(15)6-8)18-14(20)10-3-4-12(19-16)17-7-10/h3-7H,16H2,1-2H3,(H,17,19)(H,18,20). The van der Waals surface area contributed by atoms with Gasteiger partial charge in [0.2, 0.25) is 0 Å². The summed E-state index contributed by atoms with van der Waals surface area (Å²) in [7, 11) is 0. The molecule has 1 amide bonds. The van der Waals surface area contributed by atoms with E-state index in [4.69, 9.17) is 5.84 Å². The van der Waals surface area contributed by atoms with E-state index in [9.17, 15) is 4.79 Å². The third-order valence-corrected chi connectivity index (χ3v) is 3.47. The Kier molecular flexibility index (Phi) is 4.36. The number of halogens is 1. The number of nitrogen functional groups attached to an aromatic ring is 1. The highest BCUT2D eigenvalue weighted by atomic mass is 79.9. The number of nitrogens with one attached hydrogen (secondary N) is 2. The Bertz CT molecular complexity index is 617. The molecule has 5 nitrogen and oxygen atoms in total. The molecule has 1 aromatic heterocycles. The molecule has 0 saturated heterocycles. The maximum Gasteiger partial charge on any atom is 0.257 e. The van der Waals surface area contributed by atoms with Crippen LogP contribution in [0, 0.1) is 13.8 Å². The van der Waals surface area contributed by atoms with Gasteiger partial charge in [-0.2, -0.15) is 0 Å². The minimum atomic E-state index is -0.214. The molecule has 0 unspecified atom stereocenters. The van der Waals surface area contributed by atoms with E-state index in [1.807, 2.05) is 26.0 Å². The van der Waals surface area contributed by atoms with Crippen molar-refractivity contribution in [3.8, 4) is 0 Å². The summed E-state index contributed by atoms with van der Waals surface area (Å²) in [6, 6.07) is 7.28. The molecule has 0 aliphatic carbocycles. The fourth-order valence-corrected chi connectivity index (χ4v) is 2.65. The summed E-state index contributed by atoms with van der Waals surface area (Å²) in [5.74, 6) is 5.53. The van der Waals surface area contributed by atoms with Crippen LogP contribution in [0.5, 0.6) is 0 Å². The minimum absolute atomic E-state index is 0.214. The van der Waals surface area contributed by atoms with E-state index in [-0.39, 0.29) is 5.91 Å². The highest BCUT2D eigenvalue weighted by Gasteiger charge is 2.11.